The minimum atomic E-state index is -0.220. The molecule has 2 rings (SSSR count). The molecule has 0 bridgehead atoms. The Morgan fingerprint density at radius 2 is 1.74 bits per heavy atom. The number of carbonyl (C=O) groups is 1. The zero-order chi connectivity index (χ0) is 16.7. The highest BCUT2D eigenvalue weighted by atomic mass is 16.5. The van der Waals surface area contributed by atoms with Gasteiger partial charge in [0.1, 0.15) is 5.75 Å². The number of amides is 1. The van der Waals surface area contributed by atoms with Crippen LogP contribution in [0.3, 0.4) is 0 Å². The third kappa shape index (κ3) is 4.16. The molecule has 0 saturated carbocycles. The van der Waals surface area contributed by atoms with Gasteiger partial charge in [-0.25, -0.2) is 0 Å². The summed E-state index contributed by atoms with van der Waals surface area (Å²) in [5.41, 5.74) is 1.08. The normalized spacial score (nSPS) is 10.0. The Morgan fingerprint density at radius 1 is 1.04 bits per heavy atom. The summed E-state index contributed by atoms with van der Waals surface area (Å²) in [7, 11) is 1.55. The van der Waals surface area contributed by atoms with Gasteiger partial charge >= 0.3 is 0 Å². The standard InChI is InChI=1S/C18H21NO4/c1-4-22-14-11-15(17(23-5-2)16(12-14)21-3)19-18(20)13-9-7-6-8-10-13/h6-12H,4-5H2,1-3H3,(H,19,20). The van der Waals surface area contributed by atoms with Crippen LogP contribution >= 0.6 is 0 Å². The number of methoxy groups -OCH3 is 1. The van der Waals surface area contributed by atoms with E-state index in [1.54, 1.807) is 31.4 Å². The highest BCUT2D eigenvalue weighted by Crippen LogP contribution is 2.39. The second-order valence-electron chi connectivity index (χ2n) is 4.69. The summed E-state index contributed by atoms with van der Waals surface area (Å²) in [5, 5.41) is 2.86. The average Bonchev–Trinajstić information content (AvgIpc) is 2.58. The number of ether oxygens (including phenoxy) is 3. The smallest absolute Gasteiger partial charge is 0.255 e. The fraction of sp³-hybridized carbons (Fsp3) is 0.278. The first kappa shape index (κ1) is 16.7. The van der Waals surface area contributed by atoms with Crippen molar-refractivity contribution >= 4 is 11.6 Å². The molecule has 0 heterocycles. The predicted molar refractivity (Wildman–Crippen MR) is 89.7 cm³/mol. The number of rotatable bonds is 7. The van der Waals surface area contributed by atoms with Gasteiger partial charge in [-0.2, -0.15) is 0 Å². The lowest BCUT2D eigenvalue weighted by molar-refractivity contribution is 0.102. The van der Waals surface area contributed by atoms with Crippen LogP contribution in [0.1, 0.15) is 24.2 Å². The molecule has 0 aliphatic carbocycles. The second kappa shape index (κ2) is 8.08. The van der Waals surface area contributed by atoms with Crippen molar-refractivity contribution in [1.29, 1.82) is 0 Å². The third-order valence-electron chi connectivity index (χ3n) is 3.13. The van der Waals surface area contributed by atoms with Crippen molar-refractivity contribution in [3.8, 4) is 17.2 Å². The van der Waals surface area contributed by atoms with E-state index < -0.39 is 0 Å². The predicted octanol–water partition coefficient (Wildman–Crippen LogP) is 3.74. The van der Waals surface area contributed by atoms with Gasteiger partial charge in [0.15, 0.2) is 11.5 Å². The molecule has 5 heteroatoms. The zero-order valence-corrected chi connectivity index (χ0v) is 13.6. The van der Waals surface area contributed by atoms with Crippen molar-refractivity contribution in [2.45, 2.75) is 13.8 Å². The van der Waals surface area contributed by atoms with E-state index in [9.17, 15) is 4.79 Å². The summed E-state index contributed by atoms with van der Waals surface area (Å²) in [5.74, 6) is 1.39. The summed E-state index contributed by atoms with van der Waals surface area (Å²) in [6.45, 7) is 4.74. The van der Waals surface area contributed by atoms with Crippen LogP contribution in [0.15, 0.2) is 42.5 Å². The number of hydrogen-bond donors (Lipinski definition) is 1. The van der Waals surface area contributed by atoms with Crippen LogP contribution in [0.5, 0.6) is 17.2 Å². The van der Waals surface area contributed by atoms with Crippen LogP contribution in [0.4, 0.5) is 5.69 Å². The maximum Gasteiger partial charge on any atom is 0.255 e. The Balaban J connectivity index is 2.37. The molecule has 0 saturated heterocycles. The summed E-state index contributed by atoms with van der Waals surface area (Å²) < 4.78 is 16.5. The number of anilines is 1. The lowest BCUT2D eigenvalue weighted by atomic mass is 10.2. The molecule has 0 radical (unpaired) electrons. The SMILES string of the molecule is CCOc1cc(NC(=O)c2ccccc2)c(OCC)c(OC)c1. The largest absolute Gasteiger partial charge is 0.494 e. The molecule has 0 unspecified atom stereocenters. The summed E-state index contributed by atoms with van der Waals surface area (Å²) in [6, 6.07) is 12.5. The molecule has 0 aromatic heterocycles. The van der Waals surface area contributed by atoms with Crippen molar-refractivity contribution in [2.75, 3.05) is 25.6 Å². The molecule has 0 aliphatic heterocycles. The fourth-order valence-electron chi connectivity index (χ4n) is 2.15. The molecule has 0 atom stereocenters. The van der Waals surface area contributed by atoms with Gasteiger partial charge in [-0.1, -0.05) is 18.2 Å². The fourth-order valence-corrected chi connectivity index (χ4v) is 2.15. The highest BCUT2D eigenvalue weighted by Gasteiger charge is 2.16. The highest BCUT2D eigenvalue weighted by molar-refractivity contribution is 6.05. The quantitative estimate of drug-likeness (QED) is 0.845. The van der Waals surface area contributed by atoms with E-state index in [2.05, 4.69) is 5.32 Å². The first-order valence-corrected chi connectivity index (χ1v) is 7.53. The Kier molecular flexibility index (Phi) is 5.86. The average molecular weight is 315 g/mol. The Morgan fingerprint density at radius 3 is 2.35 bits per heavy atom. The minimum absolute atomic E-state index is 0.220. The maximum absolute atomic E-state index is 12.4. The van der Waals surface area contributed by atoms with Crippen LogP contribution < -0.4 is 19.5 Å². The number of nitrogens with one attached hydrogen (secondary N) is 1. The molecule has 1 amide bonds. The van der Waals surface area contributed by atoms with Crippen LogP contribution in [-0.2, 0) is 0 Å². The van der Waals surface area contributed by atoms with Crippen molar-refractivity contribution in [3.63, 3.8) is 0 Å². The van der Waals surface area contributed by atoms with Gasteiger partial charge in [0.2, 0.25) is 0 Å². The van der Waals surface area contributed by atoms with Crippen LogP contribution in [-0.4, -0.2) is 26.2 Å². The van der Waals surface area contributed by atoms with Gasteiger partial charge in [-0.05, 0) is 26.0 Å². The Hall–Kier alpha value is -2.69. The molecule has 0 aliphatic rings. The van der Waals surface area contributed by atoms with E-state index in [0.717, 1.165) is 0 Å². The van der Waals surface area contributed by atoms with Crippen molar-refractivity contribution in [2.24, 2.45) is 0 Å². The van der Waals surface area contributed by atoms with Gasteiger partial charge in [0.05, 0.1) is 26.0 Å². The molecule has 0 fully saturated rings. The van der Waals surface area contributed by atoms with Crippen LogP contribution in [0, 0.1) is 0 Å². The molecule has 1 N–H and O–H groups in total. The Bertz CT molecular complexity index is 656. The molecule has 2 aromatic carbocycles. The van der Waals surface area contributed by atoms with Crippen molar-refractivity contribution in [3.05, 3.63) is 48.0 Å². The molecule has 2 aromatic rings. The van der Waals surface area contributed by atoms with Gasteiger partial charge in [0.25, 0.3) is 5.91 Å². The van der Waals surface area contributed by atoms with E-state index in [1.807, 2.05) is 32.0 Å². The number of carbonyl (C=O) groups excluding carboxylic acids is 1. The van der Waals surface area contributed by atoms with E-state index >= 15 is 0 Å². The summed E-state index contributed by atoms with van der Waals surface area (Å²) >= 11 is 0. The van der Waals surface area contributed by atoms with Gasteiger partial charge < -0.3 is 19.5 Å². The third-order valence-corrected chi connectivity index (χ3v) is 3.13. The van der Waals surface area contributed by atoms with E-state index in [-0.39, 0.29) is 5.91 Å². The minimum Gasteiger partial charge on any atom is -0.494 e. The molecule has 23 heavy (non-hydrogen) atoms. The van der Waals surface area contributed by atoms with Gasteiger partial charge in [-0.15, -0.1) is 0 Å². The molecule has 122 valence electrons. The molecular formula is C18H21NO4. The topological polar surface area (TPSA) is 56.8 Å². The van der Waals surface area contributed by atoms with Crippen molar-refractivity contribution in [1.82, 2.24) is 0 Å². The Labute approximate surface area is 136 Å². The number of benzene rings is 2. The maximum atomic E-state index is 12.4. The zero-order valence-electron chi connectivity index (χ0n) is 13.6. The van der Waals surface area contributed by atoms with Crippen LogP contribution in [0.25, 0.3) is 0 Å². The van der Waals surface area contributed by atoms with Crippen LogP contribution in [0.2, 0.25) is 0 Å². The lowest BCUT2D eigenvalue weighted by Gasteiger charge is -2.17. The first-order valence-electron chi connectivity index (χ1n) is 7.53. The van der Waals surface area contributed by atoms with E-state index in [4.69, 9.17) is 14.2 Å². The van der Waals surface area contributed by atoms with Crippen molar-refractivity contribution < 1.29 is 19.0 Å². The van der Waals surface area contributed by atoms with Gasteiger partial charge in [-0.3, -0.25) is 4.79 Å². The molecule has 0 spiro atoms. The molecule has 5 nitrogen and oxygen atoms in total. The lowest BCUT2D eigenvalue weighted by Crippen LogP contribution is -2.13. The second-order valence-corrected chi connectivity index (χ2v) is 4.69. The first-order chi connectivity index (χ1) is 11.2. The summed E-state index contributed by atoms with van der Waals surface area (Å²) in [4.78, 5) is 12.4. The summed E-state index contributed by atoms with van der Waals surface area (Å²) in [6.07, 6.45) is 0. The molecular weight excluding hydrogens is 294 g/mol. The van der Waals surface area contributed by atoms with Gasteiger partial charge in [0, 0.05) is 17.7 Å². The van der Waals surface area contributed by atoms with E-state index in [1.165, 1.54) is 0 Å². The van der Waals surface area contributed by atoms with E-state index in [0.29, 0.717) is 41.7 Å². The number of hydrogen-bond acceptors (Lipinski definition) is 4. The monoisotopic (exact) mass is 315 g/mol.